The Labute approximate surface area is 241 Å². The van der Waals surface area contributed by atoms with E-state index in [9.17, 15) is 19.2 Å². The van der Waals surface area contributed by atoms with Gasteiger partial charge in [0, 0.05) is 50.5 Å². The first-order chi connectivity index (χ1) is 19.8. The van der Waals surface area contributed by atoms with Crippen molar-refractivity contribution in [3.05, 3.63) is 65.7 Å². The van der Waals surface area contributed by atoms with Crippen LogP contribution in [0.2, 0.25) is 0 Å². The number of amides is 2. The number of Topliss-reactive ketones (excluding diaryl/α,β-unsaturated/α-hetero) is 1. The van der Waals surface area contributed by atoms with Crippen LogP contribution in [0.25, 0.3) is 0 Å². The van der Waals surface area contributed by atoms with E-state index in [2.05, 4.69) is 44.1 Å². The van der Waals surface area contributed by atoms with E-state index in [0.717, 1.165) is 38.4 Å². The lowest BCUT2D eigenvalue weighted by Crippen LogP contribution is -2.54. The largest absolute Gasteiger partial charge is 0.456 e. The van der Waals surface area contributed by atoms with Gasteiger partial charge in [0.1, 0.15) is 12.1 Å². The number of ether oxygens (including phenoxy) is 2. The van der Waals surface area contributed by atoms with Crippen molar-refractivity contribution >= 4 is 29.4 Å². The van der Waals surface area contributed by atoms with Crippen LogP contribution < -0.4 is 10.2 Å². The minimum absolute atomic E-state index is 0.207. The van der Waals surface area contributed by atoms with Crippen molar-refractivity contribution in [3.8, 4) is 0 Å². The fourth-order valence-corrected chi connectivity index (χ4v) is 5.33. The first-order valence-corrected chi connectivity index (χ1v) is 14.2. The summed E-state index contributed by atoms with van der Waals surface area (Å²) in [4.78, 5) is 56.7. The molecule has 2 atom stereocenters. The van der Waals surface area contributed by atoms with Crippen molar-refractivity contribution in [2.24, 2.45) is 5.92 Å². The Morgan fingerprint density at radius 3 is 2.24 bits per heavy atom. The predicted octanol–water partition coefficient (Wildman–Crippen LogP) is 3.11. The number of ketones is 1. The van der Waals surface area contributed by atoms with Gasteiger partial charge >= 0.3 is 12.1 Å². The Hall–Kier alpha value is -3.92. The number of anilines is 1. The average molecular weight is 565 g/mol. The van der Waals surface area contributed by atoms with Gasteiger partial charge in [-0.15, -0.1) is 0 Å². The molecule has 0 spiro atoms. The number of rotatable bonds is 10. The van der Waals surface area contributed by atoms with Crippen molar-refractivity contribution in [1.29, 1.82) is 0 Å². The van der Waals surface area contributed by atoms with Gasteiger partial charge in [-0.2, -0.15) is 0 Å². The summed E-state index contributed by atoms with van der Waals surface area (Å²) in [5, 5.41) is 2.55. The molecule has 0 radical (unpaired) electrons. The van der Waals surface area contributed by atoms with Gasteiger partial charge in [0.15, 0.2) is 12.4 Å². The van der Waals surface area contributed by atoms with Crippen LogP contribution in [0.5, 0.6) is 0 Å². The van der Waals surface area contributed by atoms with E-state index in [1.807, 2.05) is 18.2 Å². The summed E-state index contributed by atoms with van der Waals surface area (Å²) < 4.78 is 10.00. The number of alkyl carbamates (subject to hydrolysis) is 1. The highest BCUT2D eigenvalue weighted by molar-refractivity contribution is 5.98. The Morgan fingerprint density at radius 2 is 1.61 bits per heavy atom. The third-order valence-electron chi connectivity index (χ3n) is 7.72. The fraction of sp³-hybridized carbons (Fsp3) is 0.484. The zero-order chi connectivity index (χ0) is 29.4. The summed E-state index contributed by atoms with van der Waals surface area (Å²) in [5.74, 6) is -1.50. The van der Waals surface area contributed by atoms with Crippen molar-refractivity contribution < 1.29 is 28.7 Å². The molecular formula is C31H40N4O6. The molecule has 2 aromatic rings. The maximum Gasteiger partial charge on any atom is 0.407 e. The molecule has 10 heteroatoms. The maximum atomic E-state index is 13.1. The van der Waals surface area contributed by atoms with E-state index in [1.165, 1.54) is 17.6 Å². The number of benzene rings is 2. The van der Waals surface area contributed by atoms with Crippen LogP contribution in [0, 0.1) is 5.92 Å². The molecule has 2 aliphatic rings. The second-order valence-corrected chi connectivity index (χ2v) is 10.9. The summed E-state index contributed by atoms with van der Waals surface area (Å²) in [5.41, 5.74) is 2.83. The average Bonchev–Trinajstić information content (AvgIpc) is 3.49. The van der Waals surface area contributed by atoms with Gasteiger partial charge in [-0.05, 0) is 48.6 Å². The number of hydrogen-bond acceptors (Lipinski definition) is 8. The van der Waals surface area contributed by atoms with Crippen LogP contribution in [0.1, 0.15) is 42.6 Å². The number of nitrogens with zero attached hydrogens (tertiary/aromatic N) is 3. The molecule has 2 heterocycles. The molecule has 0 aliphatic carbocycles. The van der Waals surface area contributed by atoms with Gasteiger partial charge in [0.2, 0.25) is 5.91 Å². The quantitative estimate of drug-likeness (QED) is 0.347. The molecule has 2 saturated heterocycles. The number of likely N-dealkylation sites (tertiary alicyclic amines) is 1. The molecule has 10 nitrogen and oxygen atoms in total. The topological polar surface area (TPSA) is 108 Å². The van der Waals surface area contributed by atoms with Crippen LogP contribution in [-0.2, 0) is 25.6 Å². The number of nitrogens with one attached hydrogen (secondary N) is 1. The summed E-state index contributed by atoms with van der Waals surface area (Å²) in [6.07, 6.45) is 0.358. The third-order valence-corrected chi connectivity index (χ3v) is 7.72. The fourth-order valence-electron chi connectivity index (χ4n) is 5.33. The smallest absolute Gasteiger partial charge is 0.407 e. The van der Waals surface area contributed by atoms with E-state index in [4.69, 9.17) is 4.74 Å². The van der Waals surface area contributed by atoms with E-state index < -0.39 is 30.8 Å². The number of carbonyl (C=O) groups is 4. The van der Waals surface area contributed by atoms with Crippen molar-refractivity contribution in [1.82, 2.24) is 15.1 Å². The standard InChI is InChI=1S/C31H40N4O6/c1-22(2)28(32-31(39)40-3)29(37)35-15-7-10-26(35)30(38)41-21-27(36)24-11-13-25(14-12-24)34-18-16-33(17-19-34)20-23-8-5-4-6-9-23/h4-6,8-9,11-14,22,26,28H,7,10,15-21H2,1-3H3,(H,32,39)/t26-,28+/m1/s1. The minimum Gasteiger partial charge on any atom is -0.456 e. The van der Waals surface area contributed by atoms with Crippen molar-refractivity contribution in [2.75, 3.05) is 51.3 Å². The first-order valence-electron chi connectivity index (χ1n) is 14.2. The van der Waals surface area contributed by atoms with Gasteiger partial charge in [-0.25, -0.2) is 9.59 Å². The minimum atomic E-state index is -0.831. The molecule has 1 N–H and O–H groups in total. The Balaban J connectivity index is 1.26. The maximum absolute atomic E-state index is 13.1. The Bertz CT molecular complexity index is 1190. The van der Waals surface area contributed by atoms with Crippen LogP contribution in [0.15, 0.2) is 54.6 Å². The lowest BCUT2D eigenvalue weighted by atomic mass is 10.0. The second-order valence-electron chi connectivity index (χ2n) is 10.9. The molecule has 0 bridgehead atoms. The van der Waals surface area contributed by atoms with Crippen molar-refractivity contribution in [2.45, 2.75) is 45.3 Å². The van der Waals surface area contributed by atoms with E-state index in [1.54, 1.807) is 26.0 Å². The van der Waals surface area contributed by atoms with Crippen LogP contribution in [0.4, 0.5) is 10.5 Å². The number of piperazine rings is 1. The molecule has 0 aromatic heterocycles. The highest BCUT2D eigenvalue weighted by atomic mass is 16.5. The molecule has 41 heavy (non-hydrogen) atoms. The summed E-state index contributed by atoms with van der Waals surface area (Å²) in [7, 11) is 1.23. The van der Waals surface area contributed by atoms with Crippen LogP contribution in [0.3, 0.4) is 0 Å². The Morgan fingerprint density at radius 1 is 0.927 bits per heavy atom. The molecule has 0 unspecified atom stereocenters. The second kappa shape index (κ2) is 14.1. The highest BCUT2D eigenvalue weighted by Crippen LogP contribution is 2.22. The lowest BCUT2D eigenvalue weighted by Gasteiger charge is -2.36. The van der Waals surface area contributed by atoms with Gasteiger partial charge < -0.3 is 24.6 Å². The van der Waals surface area contributed by atoms with Gasteiger partial charge in [0.25, 0.3) is 0 Å². The van der Waals surface area contributed by atoms with Crippen LogP contribution in [-0.4, -0.2) is 92.1 Å². The van der Waals surface area contributed by atoms with Gasteiger partial charge in [-0.3, -0.25) is 14.5 Å². The molecule has 2 aromatic carbocycles. The summed E-state index contributed by atoms with van der Waals surface area (Å²) in [6.45, 7) is 8.25. The molecule has 0 saturated carbocycles. The number of methoxy groups -OCH3 is 1. The van der Waals surface area contributed by atoms with Crippen molar-refractivity contribution in [3.63, 3.8) is 0 Å². The lowest BCUT2D eigenvalue weighted by molar-refractivity contribution is -0.153. The normalized spacial score (nSPS) is 18.2. The van der Waals surface area contributed by atoms with Gasteiger partial charge in [-0.1, -0.05) is 44.2 Å². The number of carbonyl (C=O) groups excluding carboxylic acids is 4. The first kappa shape index (κ1) is 30.0. The zero-order valence-corrected chi connectivity index (χ0v) is 24.1. The number of hydrogen-bond donors (Lipinski definition) is 1. The SMILES string of the molecule is COC(=O)N[C@H](C(=O)N1CCC[C@@H]1C(=O)OCC(=O)c1ccc(N2CCN(Cc3ccccc3)CC2)cc1)C(C)C. The number of esters is 1. The molecule has 220 valence electrons. The molecule has 2 aliphatic heterocycles. The monoisotopic (exact) mass is 564 g/mol. The third kappa shape index (κ3) is 7.85. The van der Waals surface area contributed by atoms with Crippen LogP contribution >= 0.6 is 0 Å². The van der Waals surface area contributed by atoms with E-state index >= 15 is 0 Å². The molecule has 2 amide bonds. The molecule has 4 rings (SSSR count). The highest BCUT2D eigenvalue weighted by Gasteiger charge is 2.39. The predicted molar refractivity (Wildman–Crippen MR) is 155 cm³/mol. The summed E-state index contributed by atoms with van der Waals surface area (Å²) >= 11 is 0. The van der Waals surface area contributed by atoms with Gasteiger partial charge in [0.05, 0.1) is 7.11 Å². The zero-order valence-electron chi connectivity index (χ0n) is 24.1. The van der Waals surface area contributed by atoms with E-state index in [-0.39, 0.29) is 17.6 Å². The Kier molecular flexibility index (Phi) is 10.3. The summed E-state index contributed by atoms with van der Waals surface area (Å²) in [6, 6.07) is 16.2. The molecular weight excluding hydrogens is 524 g/mol. The van der Waals surface area contributed by atoms with E-state index in [0.29, 0.717) is 24.9 Å². The molecule has 2 fully saturated rings.